The van der Waals surface area contributed by atoms with Crippen molar-refractivity contribution in [3.8, 4) is 0 Å². The Morgan fingerprint density at radius 1 is 1.10 bits per heavy atom. The van der Waals surface area contributed by atoms with Gasteiger partial charge in [-0.05, 0) is 16.3 Å². The Bertz CT molecular complexity index is 996. The Balaban J connectivity index is 1.87. The zero-order chi connectivity index (χ0) is 14.2. The lowest BCUT2D eigenvalue weighted by molar-refractivity contribution is 0.666. The lowest BCUT2D eigenvalue weighted by Crippen LogP contribution is -2.08. The highest BCUT2D eigenvalue weighted by Crippen LogP contribution is 2.19. The van der Waals surface area contributed by atoms with E-state index in [9.17, 15) is 4.79 Å². The third-order valence-corrected chi connectivity index (χ3v) is 3.51. The minimum atomic E-state index is -0.274. The molecule has 0 aliphatic rings. The average Bonchev–Trinajstić information content (AvgIpc) is 2.92. The van der Waals surface area contributed by atoms with Crippen molar-refractivity contribution in [2.45, 2.75) is 6.54 Å². The molecule has 21 heavy (non-hydrogen) atoms. The van der Waals surface area contributed by atoms with Crippen molar-refractivity contribution in [1.29, 1.82) is 0 Å². The molecule has 4 rings (SSSR count). The van der Waals surface area contributed by atoms with Gasteiger partial charge in [0.1, 0.15) is 0 Å². The van der Waals surface area contributed by atoms with Gasteiger partial charge in [0, 0.05) is 0 Å². The fourth-order valence-corrected chi connectivity index (χ4v) is 2.50. The van der Waals surface area contributed by atoms with E-state index < -0.39 is 0 Å². The van der Waals surface area contributed by atoms with Gasteiger partial charge in [-0.1, -0.05) is 47.7 Å². The van der Waals surface area contributed by atoms with E-state index in [-0.39, 0.29) is 11.1 Å². The number of rotatable bonds is 2. The van der Waals surface area contributed by atoms with E-state index >= 15 is 0 Å². The molecule has 1 N–H and O–H groups in total. The summed E-state index contributed by atoms with van der Waals surface area (Å²) in [5, 5.41) is 10.3. The number of nitrogens with zero attached hydrogens (tertiary/aromatic N) is 4. The van der Waals surface area contributed by atoms with Crippen molar-refractivity contribution >= 4 is 21.9 Å². The number of aromatic amines is 1. The molecular formula is C15H11N5O. The Hall–Kier alpha value is -3.02. The second kappa shape index (κ2) is 4.52. The molecule has 102 valence electrons. The first-order valence-electron chi connectivity index (χ1n) is 6.56. The van der Waals surface area contributed by atoms with Crippen LogP contribution >= 0.6 is 0 Å². The molecule has 2 heterocycles. The van der Waals surface area contributed by atoms with Crippen LogP contribution in [0, 0.1) is 0 Å². The molecule has 6 heteroatoms. The summed E-state index contributed by atoms with van der Waals surface area (Å²) in [6.45, 7) is 0.522. The summed E-state index contributed by atoms with van der Waals surface area (Å²) in [5.41, 5.74) is 1.59. The van der Waals surface area contributed by atoms with Crippen LogP contribution in [-0.2, 0) is 6.54 Å². The maximum absolute atomic E-state index is 11.6. The van der Waals surface area contributed by atoms with Crippen LogP contribution in [0.2, 0.25) is 0 Å². The van der Waals surface area contributed by atoms with Crippen LogP contribution in [0.4, 0.5) is 0 Å². The van der Waals surface area contributed by atoms with E-state index in [1.54, 1.807) is 4.68 Å². The molecule has 0 unspecified atom stereocenters. The lowest BCUT2D eigenvalue weighted by atomic mass is 10.0. The van der Waals surface area contributed by atoms with Gasteiger partial charge in [-0.25, -0.2) is 9.67 Å². The fraction of sp³-hybridized carbons (Fsp3) is 0.0667. The Kier molecular flexibility index (Phi) is 2.53. The summed E-state index contributed by atoms with van der Waals surface area (Å²) in [5.74, 6) is 0. The summed E-state index contributed by atoms with van der Waals surface area (Å²) in [4.78, 5) is 18.3. The van der Waals surface area contributed by atoms with E-state index in [0.29, 0.717) is 12.2 Å². The van der Waals surface area contributed by atoms with Crippen LogP contribution in [0.15, 0.2) is 53.6 Å². The number of aromatic nitrogens is 5. The first kappa shape index (κ1) is 11.8. The van der Waals surface area contributed by atoms with Gasteiger partial charge in [-0.3, -0.25) is 4.79 Å². The maximum Gasteiger partial charge on any atom is 0.280 e. The van der Waals surface area contributed by atoms with Gasteiger partial charge in [0.05, 0.1) is 12.9 Å². The highest BCUT2D eigenvalue weighted by Gasteiger charge is 2.10. The molecule has 0 spiro atoms. The van der Waals surface area contributed by atoms with Crippen molar-refractivity contribution in [3.05, 3.63) is 64.7 Å². The number of benzene rings is 2. The molecule has 0 radical (unpaired) electrons. The van der Waals surface area contributed by atoms with Gasteiger partial charge in [0.25, 0.3) is 5.56 Å². The highest BCUT2D eigenvalue weighted by atomic mass is 16.1. The second-order valence-electron chi connectivity index (χ2n) is 4.79. The van der Waals surface area contributed by atoms with E-state index in [0.717, 1.165) is 10.9 Å². The molecule has 0 bridgehead atoms. The summed E-state index contributed by atoms with van der Waals surface area (Å²) in [6.07, 6.45) is 1.37. The SMILES string of the molecule is O=c1[nH]cnc2c1nnn2Cc1cccc2ccccc12. The predicted molar refractivity (Wildman–Crippen MR) is 79.0 cm³/mol. The van der Waals surface area contributed by atoms with Gasteiger partial charge in [0.2, 0.25) is 0 Å². The standard InChI is InChI=1S/C15H11N5O/c21-15-13-14(16-9-17-15)20(19-18-13)8-11-6-3-5-10-4-1-2-7-12(10)11/h1-7,9H,8H2,(H,16,17,21). The summed E-state index contributed by atoms with van der Waals surface area (Å²) >= 11 is 0. The van der Waals surface area contributed by atoms with E-state index in [2.05, 4.69) is 38.5 Å². The average molecular weight is 277 g/mol. The van der Waals surface area contributed by atoms with Crippen LogP contribution < -0.4 is 5.56 Å². The smallest absolute Gasteiger partial charge is 0.280 e. The van der Waals surface area contributed by atoms with Gasteiger partial charge in [0.15, 0.2) is 11.2 Å². The van der Waals surface area contributed by atoms with Gasteiger partial charge >= 0.3 is 0 Å². The summed E-state index contributed by atoms with van der Waals surface area (Å²) in [7, 11) is 0. The quantitative estimate of drug-likeness (QED) is 0.605. The minimum absolute atomic E-state index is 0.262. The van der Waals surface area contributed by atoms with Crippen LogP contribution in [0.25, 0.3) is 21.9 Å². The fourth-order valence-electron chi connectivity index (χ4n) is 2.50. The van der Waals surface area contributed by atoms with Crippen LogP contribution in [-0.4, -0.2) is 25.0 Å². The first-order valence-corrected chi connectivity index (χ1v) is 6.56. The molecule has 6 nitrogen and oxygen atoms in total. The number of hydrogen-bond acceptors (Lipinski definition) is 4. The molecule has 0 atom stereocenters. The highest BCUT2D eigenvalue weighted by molar-refractivity contribution is 5.85. The molecule has 0 saturated heterocycles. The molecule has 4 aromatic rings. The van der Waals surface area contributed by atoms with Crippen LogP contribution in [0.5, 0.6) is 0 Å². The lowest BCUT2D eigenvalue weighted by Gasteiger charge is -2.06. The van der Waals surface area contributed by atoms with Crippen LogP contribution in [0.3, 0.4) is 0 Å². The maximum atomic E-state index is 11.6. The molecule has 0 aliphatic carbocycles. The minimum Gasteiger partial charge on any atom is -0.311 e. The molecule has 2 aromatic heterocycles. The third kappa shape index (κ3) is 1.88. The zero-order valence-corrected chi connectivity index (χ0v) is 11.0. The monoisotopic (exact) mass is 277 g/mol. The normalized spacial score (nSPS) is 11.2. The van der Waals surface area contributed by atoms with E-state index in [1.807, 2.05) is 24.3 Å². The summed E-state index contributed by atoms with van der Waals surface area (Å²) < 4.78 is 1.65. The Morgan fingerprint density at radius 3 is 2.90 bits per heavy atom. The van der Waals surface area contributed by atoms with Gasteiger partial charge < -0.3 is 4.98 Å². The Labute approximate surface area is 119 Å². The van der Waals surface area contributed by atoms with E-state index in [4.69, 9.17) is 0 Å². The van der Waals surface area contributed by atoms with Crippen molar-refractivity contribution < 1.29 is 0 Å². The van der Waals surface area contributed by atoms with Crippen molar-refractivity contribution in [2.75, 3.05) is 0 Å². The first-order chi connectivity index (χ1) is 10.3. The number of fused-ring (bicyclic) bond motifs is 2. The molecule has 0 amide bonds. The number of H-pyrrole nitrogens is 1. The van der Waals surface area contributed by atoms with Gasteiger partial charge in [-0.2, -0.15) is 0 Å². The van der Waals surface area contributed by atoms with Crippen molar-refractivity contribution in [1.82, 2.24) is 25.0 Å². The third-order valence-electron chi connectivity index (χ3n) is 3.51. The number of hydrogen-bond donors (Lipinski definition) is 1. The number of nitrogens with one attached hydrogen (secondary N) is 1. The van der Waals surface area contributed by atoms with E-state index in [1.165, 1.54) is 11.7 Å². The second-order valence-corrected chi connectivity index (χ2v) is 4.79. The molecule has 2 aromatic carbocycles. The summed E-state index contributed by atoms with van der Waals surface area (Å²) in [6, 6.07) is 14.3. The van der Waals surface area contributed by atoms with Crippen molar-refractivity contribution in [2.24, 2.45) is 0 Å². The Morgan fingerprint density at radius 2 is 1.95 bits per heavy atom. The predicted octanol–water partition coefficient (Wildman–Crippen LogP) is 1.72. The van der Waals surface area contributed by atoms with Crippen molar-refractivity contribution in [3.63, 3.8) is 0 Å². The molecule has 0 aliphatic heterocycles. The van der Waals surface area contributed by atoms with Gasteiger partial charge in [-0.15, -0.1) is 5.10 Å². The largest absolute Gasteiger partial charge is 0.311 e. The zero-order valence-electron chi connectivity index (χ0n) is 11.0. The molecular weight excluding hydrogens is 266 g/mol. The topological polar surface area (TPSA) is 76.5 Å². The molecule has 0 fully saturated rings. The molecule has 0 saturated carbocycles. The van der Waals surface area contributed by atoms with Crippen LogP contribution in [0.1, 0.15) is 5.56 Å².